The first-order chi connectivity index (χ1) is 10.0. The van der Waals surface area contributed by atoms with Gasteiger partial charge in [0.1, 0.15) is 10.8 Å². The highest BCUT2D eigenvalue weighted by molar-refractivity contribution is 6.32. The van der Waals surface area contributed by atoms with Crippen LogP contribution in [0.1, 0.15) is 6.42 Å². The van der Waals surface area contributed by atoms with Gasteiger partial charge in [-0.2, -0.15) is 4.39 Å². The Labute approximate surface area is 124 Å². The van der Waals surface area contributed by atoms with E-state index in [1.165, 1.54) is 12.3 Å². The smallest absolute Gasteiger partial charge is 0.272 e. The van der Waals surface area contributed by atoms with Crippen molar-refractivity contribution in [1.29, 1.82) is 0 Å². The van der Waals surface area contributed by atoms with Crippen molar-refractivity contribution < 1.29 is 4.39 Å². The van der Waals surface area contributed by atoms with E-state index in [1.807, 2.05) is 4.90 Å². The van der Waals surface area contributed by atoms with Gasteiger partial charge in [0.15, 0.2) is 5.82 Å². The van der Waals surface area contributed by atoms with Gasteiger partial charge in [0.05, 0.1) is 0 Å². The number of halogens is 2. The third-order valence-corrected chi connectivity index (χ3v) is 3.71. The Hall–Kier alpha value is -1.99. The number of pyridine rings is 1. The van der Waals surface area contributed by atoms with E-state index in [0.717, 1.165) is 6.42 Å². The number of anilines is 1. The quantitative estimate of drug-likeness (QED) is 0.813. The van der Waals surface area contributed by atoms with Gasteiger partial charge in [-0.25, -0.2) is 9.97 Å². The molecule has 2 aromatic rings. The lowest BCUT2D eigenvalue weighted by atomic mass is 10.2. The zero-order valence-corrected chi connectivity index (χ0v) is 11.8. The Bertz CT molecular complexity index is 735. The van der Waals surface area contributed by atoms with Crippen molar-refractivity contribution in [3.8, 4) is 11.4 Å². The van der Waals surface area contributed by atoms with Gasteiger partial charge in [-0.1, -0.05) is 11.6 Å². The summed E-state index contributed by atoms with van der Waals surface area (Å²) in [7, 11) is 0. The second kappa shape index (κ2) is 5.42. The summed E-state index contributed by atoms with van der Waals surface area (Å²) in [6, 6.07) is 2.80. The van der Waals surface area contributed by atoms with Crippen LogP contribution in [0.4, 0.5) is 10.2 Å². The lowest BCUT2D eigenvalue weighted by molar-refractivity contribution is 0.584. The molecule has 110 valence electrons. The van der Waals surface area contributed by atoms with Crippen LogP contribution >= 0.6 is 11.6 Å². The summed E-state index contributed by atoms with van der Waals surface area (Å²) in [4.78, 5) is 24.2. The third kappa shape index (κ3) is 2.74. The predicted molar refractivity (Wildman–Crippen MR) is 77.9 cm³/mol. The minimum atomic E-state index is -0.644. The number of hydrogen-bond donors (Lipinski definition) is 2. The highest BCUT2D eigenvalue weighted by atomic mass is 35.5. The van der Waals surface area contributed by atoms with E-state index in [4.69, 9.17) is 17.3 Å². The van der Waals surface area contributed by atoms with E-state index in [-0.39, 0.29) is 16.9 Å². The standard InChI is InChI=1S/C13H13ClFN5O/c14-10-12(20-4-2-8(16)6-20)18-11(19-13(10)21)7-1-3-17-9(15)5-7/h1,3,5,8H,2,4,6,16H2,(H,18,19,21)/t8-/m1/s1. The van der Waals surface area contributed by atoms with E-state index in [1.54, 1.807) is 6.07 Å². The number of hydrogen-bond acceptors (Lipinski definition) is 5. The molecule has 0 unspecified atom stereocenters. The van der Waals surface area contributed by atoms with Crippen LogP contribution < -0.4 is 16.2 Å². The van der Waals surface area contributed by atoms with Gasteiger partial charge in [0.25, 0.3) is 5.56 Å². The molecule has 1 atom stereocenters. The average Bonchev–Trinajstić information content (AvgIpc) is 2.88. The summed E-state index contributed by atoms with van der Waals surface area (Å²) >= 11 is 6.04. The molecule has 3 rings (SSSR count). The highest BCUT2D eigenvalue weighted by Crippen LogP contribution is 2.25. The zero-order chi connectivity index (χ0) is 15.0. The molecule has 0 radical (unpaired) electrons. The first-order valence-corrected chi connectivity index (χ1v) is 6.84. The van der Waals surface area contributed by atoms with Gasteiger partial charge < -0.3 is 15.6 Å². The van der Waals surface area contributed by atoms with Crippen LogP contribution in [0.25, 0.3) is 11.4 Å². The Morgan fingerprint density at radius 3 is 3.00 bits per heavy atom. The molecule has 0 aromatic carbocycles. The molecule has 0 amide bonds. The number of nitrogens with zero attached hydrogens (tertiary/aromatic N) is 3. The van der Waals surface area contributed by atoms with Gasteiger partial charge in [0.2, 0.25) is 5.95 Å². The van der Waals surface area contributed by atoms with E-state index in [2.05, 4.69) is 15.0 Å². The summed E-state index contributed by atoms with van der Waals surface area (Å²) in [5, 5.41) is 0.0161. The molecule has 2 aromatic heterocycles. The molecule has 0 bridgehead atoms. The molecule has 3 heterocycles. The fourth-order valence-corrected chi connectivity index (χ4v) is 2.53. The SMILES string of the molecule is N[C@@H]1CCN(c2nc(-c3ccnc(F)c3)[nH]c(=O)c2Cl)C1. The van der Waals surface area contributed by atoms with Crippen molar-refractivity contribution in [3.05, 3.63) is 39.7 Å². The number of nitrogens with two attached hydrogens (primary N) is 1. The van der Waals surface area contributed by atoms with Crippen molar-refractivity contribution in [3.63, 3.8) is 0 Å². The normalized spacial score (nSPS) is 18.2. The van der Waals surface area contributed by atoms with E-state index >= 15 is 0 Å². The number of aromatic amines is 1. The van der Waals surface area contributed by atoms with Gasteiger partial charge in [-0.3, -0.25) is 4.79 Å². The lowest BCUT2D eigenvalue weighted by Gasteiger charge is -2.18. The molecule has 21 heavy (non-hydrogen) atoms. The van der Waals surface area contributed by atoms with E-state index < -0.39 is 11.5 Å². The highest BCUT2D eigenvalue weighted by Gasteiger charge is 2.24. The number of nitrogens with one attached hydrogen (secondary N) is 1. The second-order valence-corrected chi connectivity index (χ2v) is 5.29. The summed E-state index contributed by atoms with van der Waals surface area (Å²) in [5.74, 6) is -0.0170. The van der Waals surface area contributed by atoms with Crippen LogP contribution in [-0.2, 0) is 0 Å². The molecule has 6 nitrogen and oxygen atoms in total. The molecule has 3 N–H and O–H groups in total. The molecule has 0 spiro atoms. The molecular formula is C13H13ClFN5O. The molecule has 0 aliphatic carbocycles. The van der Waals surface area contributed by atoms with Crippen molar-refractivity contribution in [2.75, 3.05) is 18.0 Å². The minimum Gasteiger partial charge on any atom is -0.354 e. The van der Waals surface area contributed by atoms with Gasteiger partial charge in [0, 0.05) is 37.0 Å². The van der Waals surface area contributed by atoms with Gasteiger partial charge in [-0.15, -0.1) is 0 Å². The van der Waals surface area contributed by atoms with Crippen molar-refractivity contribution in [2.24, 2.45) is 5.73 Å². The van der Waals surface area contributed by atoms with Gasteiger partial charge in [-0.05, 0) is 12.5 Å². The molecule has 1 fully saturated rings. The first-order valence-electron chi connectivity index (χ1n) is 6.47. The largest absolute Gasteiger partial charge is 0.354 e. The molecule has 0 saturated carbocycles. The van der Waals surface area contributed by atoms with Crippen LogP contribution in [-0.4, -0.2) is 34.1 Å². The second-order valence-electron chi connectivity index (χ2n) is 4.91. The minimum absolute atomic E-state index is 0.0161. The maximum atomic E-state index is 13.2. The van der Waals surface area contributed by atoms with Crippen LogP contribution in [0.15, 0.2) is 23.1 Å². The summed E-state index contributed by atoms with van der Waals surface area (Å²) in [6.45, 7) is 1.27. The maximum Gasteiger partial charge on any atom is 0.272 e. The number of aromatic nitrogens is 3. The maximum absolute atomic E-state index is 13.2. The predicted octanol–water partition coefficient (Wildman–Crippen LogP) is 1.16. The van der Waals surface area contributed by atoms with Crippen molar-refractivity contribution in [2.45, 2.75) is 12.5 Å². The Balaban J connectivity index is 2.07. The summed E-state index contributed by atoms with van der Waals surface area (Å²) in [6.07, 6.45) is 2.12. The van der Waals surface area contributed by atoms with Crippen LogP contribution in [0.3, 0.4) is 0 Å². The Morgan fingerprint density at radius 1 is 1.52 bits per heavy atom. The topological polar surface area (TPSA) is 87.9 Å². The van der Waals surface area contributed by atoms with Crippen LogP contribution in [0.2, 0.25) is 5.02 Å². The van der Waals surface area contributed by atoms with E-state index in [0.29, 0.717) is 24.5 Å². The van der Waals surface area contributed by atoms with Crippen molar-refractivity contribution in [1.82, 2.24) is 15.0 Å². The fourth-order valence-electron chi connectivity index (χ4n) is 2.32. The monoisotopic (exact) mass is 309 g/mol. The van der Waals surface area contributed by atoms with Gasteiger partial charge >= 0.3 is 0 Å². The molecule has 1 saturated heterocycles. The molecule has 8 heteroatoms. The Morgan fingerprint density at radius 2 is 2.33 bits per heavy atom. The molecule has 1 aliphatic rings. The first kappa shape index (κ1) is 14.0. The number of rotatable bonds is 2. The zero-order valence-electron chi connectivity index (χ0n) is 11.0. The third-order valence-electron chi connectivity index (χ3n) is 3.37. The summed E-state index contributed by atoms with van der Waals surface area (Å²) < 4.78 is 13.2. The van der Waals surface area contributed by atoms with E-state index in [9.17, 15) is 9.18 Å². The number of H-pyrrole nitrogens is 1. The fraction of sp³-hybridized carbons (Fsp3) is 0.308. The van der Waals surface area contributed by atoms with Crippen molar-refractivity contribution >= 4 is 17.4 Å². The molecule has 1 aliphatic heterocycles. The lowest BCUT2D eigenvalue weighted by Crippen LogP contribution is -2.28. The van der Waals surface area contributed by atoms with Crippen LogP contribution in [0.5, 0.6) is 0 Å². The summed E-state index contributed by atoms with van der Waals surface area (Å²) in [5.41, 5.74) is 5.83. The molecular weight excluding hydrogens is 297 g/mol. The Kier molecular flexibility index (Phi) is 3.60. The average molecular weight is 310 g/mol. The van der Waals surface area contributed by atoms with Crippen LogP contribution in [0, 0.1) is 5.95 Å².